The number of hydrogen-bond acceptors (Lipinski definition) is 5. The summed E-state index contributed by atoms with van der Waals surface area (Å²) in [4.78, 5) is 15.2. The molecule has 0 aromatic carbocycles. The van der Waals surface area contributed by atoms with E-state index in [9.17, 15) is 4.79 Å². The molecule has 0 amide bonds. The molecule has 0 radical (unpaired) electrons. The van der Waals surface area contributed by atoms with Gasteiger partial charge in [-0.3, -0.25) is 14.9 Å². The fourth-order valence-corrected chi connectivity index (χ4v) is 3.08. The van der Waals surface area contributed by atoms with E-state index in [1.165, 1.54) is 0 Å². The number of aromatic amines is 1. The Kier molecular flexibility index (Phi) is 5.55. The van der Waals surface area contributed by atoms with Gasteiger partial charge in [-0.2, -0.15) is 5.10 Å². The van der Waals surface area contributed by atoms with Gasteiger partial charge in [0.25, 0.3) is 0 Å². The smallest absolute Gasteiger partial charge is 0.304 e. The Morgan fingerprint density at radius 2 is 2.12 bits per heavy atom. The second-order valence-corrected chi connectivity index (χ2v) is 6.05. The number of hydrogen-bond donors (Lipinski definition) is 3. The summed E-state index contributed by atoms with van der Waals surface area (Å²) in [6.45, 7) is 1.98. The summed E-state index contributed by atoms with van der Waals surface area (Å²) in [7, 11) is 0. The molecule has 2 aromatic rings. The number of nitrogens with zero attached hydrogens (tertiary/aromatic N) is 2. The minimum absolute atomic E-state index is 0.0564. The molecule has 3 N–H and O–H groups in total. The van der Waals surface area contributed by atoms with Crippen molar-refractivity contribution in [2.75, 3.05) is 13.2 Å². The predicted molar refractivity (Wildman–Crippen MR) is 88.2 cm³/mol. The first-order valence-electron chi connectivity index (χ1n) is 8.20. The maximum Gasteiger partial charge on any atom is 0.304 e. The maximum absolute atomic E-state index is 11.2. The lowest BCUT2D eigenvalue weighted by Crippen LogP contribution is -2.40. The topological polar surface area (TPSA) is 100 Å². The highest BCUT2D eigenvalue weighted by Crippen LogP contribution is 2.22. The summed E-state index contributed by atoms with van der Waals surface area (Å²) in [6, 6.07) is 5.73. The van der Waals surface area contributed by atoms with Gasteiger partial charge in [0.05, 0.1) is 12.1 Å². The molecule has 1 atom stereocenters. The SMILES string of the molecule is O=C(O)CC(NCc1cc(-c2ccncc2)n[nH]1)C1CCOCC1. The number of rotatable bonds is 7. The molecule has 24 heavy (non-hydrogen) atoms. The van der Waals surface area contributed by atoms with Crippen LogP contribution in [0.2, 0.25) is 0 Å². The lowest BCUT2D eigenvalue weighted by molar-refractivity contribution is -0.138. The molecule has 1 fully saturated rings. The number of nitrogens with one attached hydrogen (secondary N) is 2. The Balaban J connectivity index is 1.61. The molecule has 1 saturated heterocycles. The Morgan fingerprint density at radius 1 is 1.38 bits per heavy atom. The zero-order valence-electron chi connectivity index (χ0n) is 13.4. The van der Waals surface area contributed by atoms with Gasteiger partial charge in [0, 0.05) is 49.5 Å². The minimum atomic E-state index is -0.777. The van der Waals surface area contributed by atoms with Crippen LogP contribution in [0, 0.1) is 5.92 Å². The first-order chi connectivity index (χ1) is 11.7. The molecule has 1 unspecified atom stereocenters. The van der Waals surface area contributed by atoms with Crippen molar-refractivity contribution in [3.63, 3.8) is 0 Å². The van der Waals surface area contributed by atoms with Crippen LogP contribution >= 0.6 is 0 Å². The molecule has 2 aromatic heterocycles. The molecule has 0 bridgehead atoms. The summed E-state index contributed by atoms with van der Waals surface area (Å²) in [5.41, 5.74) is 2.79. The van der Waals surface area contributed by atoms with E-state index >= 15 is 0 Å². The van der Waals surface area contributed by atoms with Crippen molar-refractivity contribution in [3.8, 4) is 11.3 Å². The van der Waals surface area contributed by atoms with Crippen molar-refractivity contribution in [2.24, 2.45) is 5.92 Å². The van der Waals surface area contributed by atoms with Crippen molar-refractivity contribution in [1.82, 2.24) is 20.5 Å². The van der Waals surface area contributed by atoms with Crippen LogP contribution in [0.25, 0.3) is 11.3 Å². The van der Waals surface area contributed by atoms with Crippen LogP contribution in [0.1, 0.15) is 25.0 Å². The molecule has 128 valence electrons. The normalized spacial score (nSPS) is 16.8. The van der Waals surface area contributed by atoms with E-state index in [1.807, 2.05) is 18.2 Å². The lowest BCUT2D eigenvalue weighted by Gasteiger charge is -2.30. The Morgan fingerprint density at radius 3 is 2.83 bits per heavy atom. The van der Waals surface area contributed by atoms with Gasteiger partial charge in [-0.1, -0.05) is 0 Å². The first-order valence-corrected chi connectivity index (χ1v) is 8.20. The summed E-state index contributed by atoms with van der Waals surface area (Å²) in [5, 5.41) is 19.9. The summed E-state index contributed by atoms with van der Waals surface area (Å²) in [5.74, 6) is -0.446. The van der Waals surface area contributed by atoms with E-state index in [0.717, 1.165) is 29.8 Å². The third-order valence-electron chi connectivity index (χ3n) is 4.39. The summed E-state index contributed by atoms with van der Waals surface area (Å²) >= 11 is 0. The van der Waals surface area contributed by atoms with Gasteiger partial charge in [0.2, 0.25) is 0 Å². The second kappa shape index (κ2) is 8.03. The summed E-state index contributed by atoms with van der Waals surface area (Å²) in [6.07, 6.45) is 5.38. The van der Waals surface area contributed by atoms with Crippen LogP contribution < -0.4 is 5.32 Å². The van der Waals surface area contributed by atoms with Crippen LogP contribution in [0.4, 0.5) is 0 Å². The van der Waals surface area contributed by atoms with Gasteiger partial charge < -0.3 is 15.2 Å². The van der Waals surface area contributed by atoms with Crippen LogP contribution in [-0.2, 0) is 16.1 Å². The Hall–Kier alpha value is -2.25. The van der Waals surface area contributed by atoms with Crippen molar-refractivity contribution >= 4 is 5.97 Å². The average molecular weight is 330 g/mol. The molecule has 3 heterocycles. The number of carbonyl (C=O) groups is 1. The molecule has 1 aliphatic heterocycles. The van der Waals surface area contributed by atoms with E-state index in [4.69, 9.17) is 9.84 Å². The molecule has 0 saturated carbocycles. The zero-order valence-corrected chi connectivity index (χ0v) is 13.4. The fourth-order valence-electron chi connectivity index (χ4n) is 3.08. The van der Waals surface area contributed by atoms with E-state index in [0.29, 0.717) is 25.7 Å². The fraction of sp³-hybridized carbons (Fsp3) is 0.471. The molecular weight excluding hydrogens is 308 g/mol. The quantitative estimate of drug-likeness (QED) is 0.716. The largest absolute Gasteiger partial charge is 0.481 e. The molecular formula is C17H22N4O3. The van der Waals surface area contributed by atoms with Gasteiger partial charge >= 0.3 is 5.97 Å². The van der Waals surface area contributed by atoms with Gasteiger partial charge in [-0.15, -0.1) is 0 Å². The molecule has 7 heteroatoms. The molecule has 7 nitrogen and oxygen atoms in total. The monoisotopic (exact) mass is 330 g/mol. The number of ether oxygens (including phenoxy) is 1. The van der Waals surface area contributed by atoms with Crippen molar-refractivity contribution in [3.05, 3.63) is 36.3 Å². The van der Waals surface area contributed by atoms with E-state index in [1.54, 1.807) is 12.4 Å². The predicted octanol–water partition coefficient (Wildman–Crippen LogP) is 1.83. The lowest BCUT2D eigenvalue weighted by atomic mass is 9.89. The van der Waals surface area contributed by atoms with Crippen molar-refractivity contribution in [1.29, 1.82) is 0 Å². The zero-order chi connectivity index (χ0) is 16.8. The third-order valence-corrected chi connectivity index (χ3v) is 4.39. The number of H-pyrrole nitrogens is 1. The number of aromatic nitrogens is 3. The highest BCUT2D eigenvalue weighted by atomic mass is 16.5. The maximum atomic E-state index is 11.2. The van der Waals surface area contributed by atoms with Gasteiger partial charge in [0.15, 0.2) is 0 Å². The summed E-state index contributed by atoms with van der Waals surface area (Å²) < 4.78 is 5.37. The molecule has 3 rings (SSSR count). The van der Waals surface area contributed by atoms with Crippen LogP contribution in [0.3, 0.4) is 0 Å². The van der Waals surface area contributed by atoms with Crippen LogP contribution in [0.5, 0.6) is 0 Å². The van der Waals surface area contributed by atoms with E-state index in [2.05, 4.69) is 20.5 Å². The minimum Gasteiger partial charge on any atom is -0.481 e. The van der Waals surface area contributed by atoms with Gasteiger partial charge in [-0.05, 0) is 37.0 Å². The Bertz CT molecular complexity index is 653. The number of carboxylic acids is 1. The standard InChI is InChI=1S/C17H22N4O3/c22-17(23)10-15(13-3-7-24-8-4-13)19-11-14-9-16(21-20-14)12-1-5-18-6-2-12/h1-2,5-6,9,13,15,19H,3-4,7-8,10-11H2,(H,20,21)(H,22,23). The number of pyridine rings is 1. The first kappa shape index (κ1) is 16.6. The van der Waals surface area contributed by atoms with Gasteiger partial charge in [0.1, 0.15) is 0 Å². The number of aliphatic carboxylic acids is 1. The number of carboxylic acid groups (broad SMARTS) is 1. The molecule has 1 aliphatic rings. The van der Waals surface area contributed by atoms with Crippen molar-refractivity contribution in [2.45, 2.75) is 31.8 Å². The second-order valence-electron chi connectivity index (χ2n) is 6.05. The highest BCUT2D eigenvalue weighted by Gasteiger charge is 2.25. The average Bonchev–Trinajstić information content (AvgIpc) is 3.09. The highest BCUT2D eigenvalue weighted by molar-refractivity contribution is 5.67. The van der Waals surface area contributed by atoms with Crippen LogP contribution in [-0.4, -0.2) is 45.5 Å². The van der Waals surface area contributed by atoms with Crippen LogP contribution in [0.15, 0.2) is 30.6 Å². The molecule has 0 aliphatic carbocycles. The molecule has 0 spiro atoms. The van der Waals surface area contributed by atoms with Gasteiger partial charge in [-0.25, -0.2) is 0 Å². The Labute approximate surface area is 140 Å². The third kappa shape index (κ3) is 4.39. The van der Waals surface area contributed by atoms with E-state index < -0.39 is 5.97 Å². The van der Waals surface area contributed by atoms with Crippen molar-refractivity contribution < 1.29 is 14.6 Å². The van der Waals surface area contributed by atoms with E-state index in [-0.39, 0.29) is 12.5 Å².